The van der Waals surface area contributed by atoms with E-state index in [1.54, 1.807) is 0 Å². The average Bonchev–Trinajstić information content (AvgIpc) is 0.918. The maximum absolute atomic E-state index is 4.79. The van der Waals surface area contributed by atoms with Crippen LogP contribution in [0.5, 0.6) is 0 Å². The van der Waals surface area contributed by atoms with Crippen molar-refractivity contribution in [2.24, 2.45) is 0 Å². The van der Waals surface area contributed by atoms with Crippen LogP contribution in [0.15, 0.2) is 0 Å². The molecule has 0 aliphatic heterocycles. The first-order chi connectivity index (χ1) is 1.41. The molecule has 0 fully saturated rings. The molecule has 0 saturated heterocycles. The van der Waals surface area contributed by atoms with Crippen LogP contribution in [-0.4, -0.2) is 35.4 Å². The molecule has 0 unspecified atom stereocenters. The van der Waals surface area contributed by atoms with Gasteiger partial charge in [-0.1, -0.05) is 0 Å². The van der Waals surface area contributed by atoms with Crippen molar-refractivity contribution in [2.75, 3.05) is 0 Å². The zero-order chi connectivity index (χ0) is 2.71. The Hall–Kier alpha value is 1.72. The fourth-order valence-electron chi connectivity index (χ4n) is 0. The van der Waals surface area contributed by atoms with E-state index in [1.807, 2.05) is 0 Å². The number of rotatable bonds is 0. The van der Waals surface area contributed by atoms with E-state index in [9.17, 15) is 0 Å². The number of hydrogen-bond donors (Lipinski definition) is 0. The standard InChI is InChI=1S/Cl2Si.Pb/c1-3-2;. The first kappa shape index (κ1) is 9.21. The average molecular weight is 306 g/mol. The summed E-state index contributed by atoms with van der Waals surface area (Å²) in [5.74, 6) is 0. The monoisotopic (exact) mass is 306 g/mol. The molecular weight excluding hydrogens is 306 g/mol. The summed E-state index contributed by atoms with van der Waals surface area (Å²) in [6, 6.07) is 0. The van der Waals surface area contributed by atoms with Crippen molar-refractivity contribution in [3.8, 4) is 0 Å². The molecule has 0 heterocycles. The minimum absolute atomic E-state index is 0. The van der Waals surface area contributed by atoms with Crippen LogP contribution in [-0.2, 0) is 0 Å². The van der Waals surface area contributed by atoms with E-state index in [1.165, 1.54) is 0 Å². The molecule has 0 aromatic carbocycles. The van der Waals surface area contributed by atoms with Crippen molar-refractivity contribution >= 4 is 57.6 Å². The van der Waals surface area contributed by atoms with Crippen molar-refractivity contribution in [1.29, 1.82) is 0 Å². The quantitative estimate of drug-likeness (QED) is 0.455. The molecule has 0 N–H and O–H groups in total. The van der Waals surface area contributed by atoms with E-state index >= 15 is 0 Å². The Labute approximate surface area is 57.2 Å². The van der Waals surface area contributed by atoms with Gasteiger partial charge in [0.1, 0.15) is 0 Å². The molecule has 0 aliphatic rings. The van der Waals surface area contributed by atoms with Gasteiger partial charge in [-0.2, -0.15) is 0 Å². The van der Waals surface area contributed by atoms with Crippen molar-refractivity contribution in [3.05, 3.63) is 0 Å². The zero-order valence-corrected chi connectivity index (χ0v) is 8.16. The number of hydrogen-bond acceptors (Lipinski definition) is 0. The van der Waals surface area contributed by atoms with Gasteiger partial charge in [0.15, 0.2) is 0 Å². The van der Waals surface area contributed by atoms with Crippen LogP contribution in [0, 0.1) is 0 Å². The van der Waals surface area contributed by atoms with E-state index in [0.717, 1.165) is 0 Å². The van der Waals surface area contributed by atoms with Gasteiger partial charge in [-0.25, -0.2) is 0 Å². The van der Waals surface area contributed by atoms with Crippen LogP contribution >= 0.6 is 22.2 Å². The van der Waals surface area contributed by atoms with Crippen molar-refractivity contribution in [3.63, 3.8) is 0 Å². The largest absolute Gasteiger partial charge is 0.295 e. The second-order valence-electron chi connectivity index (χ2n) is 0.0714. The summed E-state index contributed by atoms with van der Waals surface area (Å²) in [5, 5.41) is 0. The topological polar surface area (TPSA) is 0 Å². The Kier molecular flexibility index (Phi) is 20.3. The summed E-state index contributed by atoms with van der Waals surface area (Å²) in [6.07, 6.45) is 0. The van der Waals surface area contributed by atoms with E-state index in [-0.39, 0.29) is 35.4 Å². The fourth-order valence-corrected chi connectivity index (χ4v) is 0. The van der Waals surface area contributed by atoms with E-state index in [4.69, 9.17) is 22.2 Å². The van der Waals surface area contributed by atoms with Crippen LogP contribution < -0.4 is 0 Å². The molecule has 0 amide bonds. The molecule has 0 aromatic rings. The Morgan fingerprint density at radius 1 is 1.25 bits per heavy atom. The van der Waals surface area contributed by atoms with Gasteiger partial charge in [0.2, 0.25) is 0 Å². The zero-order valence-electron chi connectivity index (χ0n) is 1.76. The predicted octanol–water partition coefficient (Wildman–Crippen LogP) is 0.617. The van der Waals surface area contributed by atoms with Gasteiger partial charge in [-0.15, -0.1) is 22.2 Å². The van der Waals surface area contributed by atoms with Crippen LogP contribution in [0.3, 0.4) is 0 Å². The predicted molar refractivity (Wildman–Crippen MR) is 23.2 cm³/mol. The minimum atomic E-state index is 0. The third kappa shape index (κ3) is 9.30. The van der Waals surface area contributed by atoms with Crippen molar-refractivity contribution < 1.29 is 0 Å². The summed E-state index contributed by atoms with van der Waals surface area (Å²) >= 11 is 9.58. The molecule has 0 bridgehead atoms. The minimum Gasteiger partial charge on any atom is -0.148 e. The smallest absolute Gasteiger partial charge is 0.148 e. The van der Waals surface area contributed by atoms with Gasteiger partial charge in [0.05, 0.1) is 0 Å². The molecule has 0 aliphatic carbocycles. The SMILES string of the molecule is Cl[Si]Cl.[Pb]. The first-order valence-corrected chi connectivity index (χ1v) is 3.40. The molecule has 4 heteroatoms. The maximum Gasteiger partial charge on any atom is 0.295 e. The van der Waals surface area contributed by atoms with E-state index in [2.05, 4.69) is 0 Å². The van der Waals surface area contributed by atoms with Gasteiger partial charge in [0, 0.05) is 27.3 Å². The summed E-state index contributed by atoms with van der Waals surface area (Å²) in [5.41, 5.74) is 0. The molecule has 0 saturated carbocycles. The Morgan fingerprint density at radius 3 is 1.25 bits per heavy atom. The molecule has 0 nitrogen and oxygen atoms in total. The molecule has 6 radical (unpaired) electrons. The molecule has 0 aromatic heterocycles. The van der Waals surface area contributed by atoms with E-state index in [0.29, 0.717) is 0 Å². The molecule has 22 valence electrons. The summed E-state index contributed by atoms with van der Waals surface area (Å²) < 4.78 is 0. The summed E-state index contributed by atoms with van der Waals surface area (Å²) in [7, 11) is 0.0278. The van der Waals surface area contributed by atoms with Crippen LogP contribution in [0.25, 0.3) is 0 Å². The molecule has 0 spiro atoms. The Bertz CT molecular complexity index is 6.00. The van der Waals surface area contributed by atoms with Gasteiger partial charge >= 0.3 is 0 Å². The van der Waals surface area contributed by atoms with Gasteiger partial charge in [0.25, 0.3) is 8.14 Å². The number of halogens is 2. The first-order valence-electron chi connectivity index (χ1n) is 0.378. The van der Waals surface area contributed by atoms with Crippen molar-refractivity contribution in [1.82, 2.24) is 0 Å². The van der Waals surface area contributed by atoms with E-state index < -0.39 is 0 Å². The molecule has 0 rings (SSSR count). The summed E-state index contributed by atoms with van der Waals surface area (Å²) in [6.45, 7) is 0. The Balaban J connectivity index is 0. The van der Waals surface area contributed by atoms with Gasteiger partial charge < -0.3 is 0 Å². The molecule has 0 atom stereocenters. The molecule has 4 heavy (non-hydrogen) atoms. The van der Waals surface area contributed by atoms with Crippen LogP contribution in [0.4, 0.5) is 0 Å². The fraction of sp³-hybridized carbons (Fsp3) is 0. The second-order valence-corrected chi connectivity index (χ2v) is 1.93. The van der Waals surface area contributed by atoms with Crippen molar-refractivity contribution in [2.45, 2.75) is 0 Å². The van der Waals surface area contributed by atoms with Gasteiger partial charge in [-0.05, 0) is 0 Å². The summed E-state index contributed by atoms with van der Waals surface area (Å²) in [4.78, 5) is 0. The maximum atomic E-state index is 4.79. The van der Waals surface area contributed by atoms with Crippen LogP contribution in [0.1, 0.15) is 0 Å². The van der Waals surface area contributed by atoms with Gasteiger partial charge in [-0.3, -0.25) is 0 Å². The Morgan fingerprint density at radius 2 is 1.25 bits per heavy atom. The normalized spacial score (nSPS) is 4.50. The second kappa shape index (κ2) is 8.83. The third-order valence-electron chi connectivity index (χ3n) is 0. The van der Waals surface area contributed by atoms with Crippen LogP contribution in [0.2, 0.25) is 0 Å². The molecular formula is Cl2PbSi. The third-order valence-corrected chi connectivity index (χ3v) is 0.